The summed E-state index contributed by atoms with van der Waals surface area (Å²) in [5.74, 6) is 0.0831. The second kappa shape index (κ2) is 4.96. The number of fused-ring (bicyclic) bond motifs is 1. The topological polar surface area (TPSA) is 59.2 Å². The van der Waals surface area contributed by atoms with Crippen molar-refractivity contribution < 1.29 is 4.79 Å². The van der Waals surface area contributed by atoms with Crippen molar-refractivity contribution in [2.45, 2.75) is 25.8 Å². The second-order valence-corrected chi connectivity index (χ2v) is 5.21. The molecule has 0 saturated carbocycles. The Morgan fingerprint density at radius 2 is 2.15 bits per heavy atom. The highest BCUT2D eigenvalue weighted by atomic mass is 16.2. The first kappa shape index (κ1) is 12.7. The van der Waals surface area contributed by atoms with Gasteiger partial charge in [0.25, 0.3) is 0 Å². The summed E-state index contributed by atoms with van der Waals surface area (Å²) in [6.07, 6.45) is 2.81. The Morgan fingerprint density at radius 3 is 2.90 bits per heavy atom. The van der Waals surface area contributed by atoms with E-state index in [1.807, 2.05) is 23.1 Å². The zero-order valence-corrected chi connectivity index (χ0v) is 11.4. The summed E-state index contributed by atoms with van der Waals surface area (Å²) in [5.41, 5.74) is 9.23. The molecule has 2 heterocycles. The molecule has 0 aliphatic carbocycles. The van der Waals surface area contributed by atoms with E-state index in [2.05, 4.69) is 18.0 Å². The van der Waals surface area contributed by atoms with Crippen molar-refractivity contribution in [2.75, 3.05) is 10.6 Å². The number of rotatable bonds is 2. The summed E-state index contributed by atoms with van der Waals surface area (Å²) in [7, 11) is 0. The molecule has 0 bridgehead atoms. The number of carbonyl (C=O) groups is 1. The number of para-hydroxylation sites is 1. The van der Waals surface area contributed by atoms with E-state index in [0.29, 0.717) is 12.1 Å². The SMILES string of the molecule is CC1Cc2ccccc2N1C(=O)Cc1ccc(N)cn1. The minimum atomic E-state index is 0.0831. The number of hydrogen-bond acceptors (Lipinski definition) is 3. The molecule has 2 aromatic rings. The molecule has 1 atom stereocenters. The van der Waals surface area contributed by atoms with Gasteiger partial charge in [-0.2, -0.15) is 0 Å². The molecule has 0 spiro atoms. The van der Waals surface area contributed by atoms with E-state index < -0.39 is 0 Å². The third-order valence-electron chi connectivity index (χ3n) is 3.66. The predicted molar refractivity (Wildman–Crippen MR) is 79.4 cm³/mol. The molecule has 3 rings (SSSR count). The van der Waals surface area contributed by atoms with Crippen molar-refractivity contribution in [2.24, 2.45) is 0 Å². The largest absolute Gasteiger partial charge is 0.397 e. The molecular formula is C16H17N3O. The van der Waals surface area contributed by atoms with Crippen LogP contribution in [0.1, 0.15) is 18.2 Å². The summed E-state index contributed by atoms with van der Waals surface area (Å²) >= 11 is 0. The fourth-order valence-corrected chi connectivity index (χ4v) is 2.73. The van der Waals surface area contributed by atoms with Crippen molar-refractivity contribution in [1.82, 2.24) is 4.98 Å². The van der Waals surface area contributed by atoms with Crippen LogP contribution in [0, 0.1) is 0 Å². The zero-order chi connectivity index (χ0) is 14.1. The maximum atomic E-state index is 12.5. The van der Waals surface area contributed by atoms with E-state index in [-0.39, 0.29) is 11.9 Å². The molecule has 1 aromatic carbocycles. The maximum absolute atomic E-state index is 12.5. The highest BCUT2D eigenvalue weighted by molar-refractivity contribution is 5.97. The van der Waals surface area contributed by atoms with Crippen molar-refractivity contribution in [3.8, 4) is 0 Å². The number of pyridine rings is 1. The number of nitrogens with two attached hydrogens (primary N) is 1. The van der Waals surface area contributed by atoms with Crippen molar-refractivity contribution in [3.05, 3.63) is 53.9 Å². The number of nitrogens with zero attached hydrogens (tertiary/aromatic N) is 2. The number of benzene rings is 1. The normalized spacial score (nSPS) is 17.1. The molecule has 1 amide bonds. The van der Waals surface area contributed by atoms with Gasteiger partial charge in [-0.1, -0.05) is 18.2 Å². The smallest absolute Gasteiger partial charge is 0.233 e. The van der Waals surface area contributed by atoms with Gasteiger partial charge in [-0.3, -0.25) is 9.78 Å². The lowest BCUT2D eigenvalue weighted by atomic mass is 10.1. The third kappa shape index (κ3) is 2.25. The summed E-state index contributed by atoms with van der Waals surface area (Å²) in [6.45, 7) is 2.08. The first-order valence-corrected chi connectivity index (χ1v) is 6.75. The molecule has 0 saturated heterocycles. The van der Waals surface area contributed by atoms with E-state index in [1.54, 1.807) is 18.3 Å². The van der Waals surface area contributed by atoms with E-state index in [1.165, 1.54) is 5.56 Å². The molecule has 1 aliphatic heterocycles. The van der Waals surface area contributed by atoms with Gasteiger partial charge in [0.2, 0.25) is 5.91 Å². The van der Waals surface area contributed by atoms with E-state index in [4.69, 9.17) is 5.73 Å². The molecule has 4 heteroatoms. The molecule has 2 N–H and O–H groups in total. The minimum absolute atomic E-state index is 0.0831. The van der Waals surface area contributed by atoms with Gasteiger partial charge in [0.15, 0.2) is 0 Å². The Bertz CT molecular complexity index is 636. The lowest BCUT2D eigenvalue weighted by Crippen LogP contribution is -2.36. The Morgan fingerprint density at radius 1 is 1.35 bits per heavy atom. The van der Waals surface area contributed by atoms with Crippen LogP contribution in [0.2, 0.25) is 0 Å². The molecule has 102 valence electrons. The van der Waals surface area contributed by atoms with E-state index in [9.17, 15) is 4.79 Å². The summed E-state index contributed by atoms with van der Waals surface area (Å²) < 4.78 is 0. The maximum Gasteiger partial charge on any atom is 0.233 e. The van der Waals surface area contributed by atoms with Crippen LogP contribution < -0.4 is 10.6 Å². The fourth-order valence-electron chi connectivity index (χ4n) is 2.73. The number of carbonyl (C=O) groups excluding carboxylic acids is 1. The van der Waals surface area contributed by atoms with Crippen molar-refractivity contribution in [3.63, 3.8) is 0 Å². The van der Waals surface area contributed by atoms with E-state index in [0.717, 1.165) is 17.8 Å². The Hall–Kier alpha value is -2.36. The standard InChI is InChI=1S/C16H17N3O/c1-11-8-12-4-2-3-5-15(12)19(11)16(20)9-14-7-6-13(17)10-18-14/h2-7,10-11H,8-9,17H2,1H3. The summed E-state index contributed by atoms with van der Waals surface area (Å²) in [4.78, 5) is 18.6. The summed E-state index contributed by atoms with van der Waals surface area (Å²) in [6, 6.07) is 11.9. The van der Waals surface area contributed by atoms with Crippen LogP contribution in [0.5, 0.6) is 0 Å². The van der Waals surface area contributed by atoms with Gasteiger partial charge in [0.1, 0.15) is 0 Å². The predicted octanol–water partition coefficient (Wildman–Crippen LogP) is 2.18. The Balaban J connectivity index is 1.82. The lowest BCUT2D eigenvalue weighted by Gasteiger charge is -2.22. The van der Waals surface area contributed by atoms with Gasteiger partial charge in [0, 0.05) is 17.4 Å². The van der Waals surface area contributed by atoms with Crippen molar-refractivity contribution >= 4 is 17.3 Å². The number of nitrogen functional groups attached to an aromatic ring is 1. The van der Waals surface area contributed by atoms with Gasteiger partial charge >= 0.3 is 0 Å². The van der Waals surface area contributed by atoms with Crippen LogP contribution in [0.15, 0.2) is 42.6 Å². The number of amides is 1. The first-order chi connectivity index (χ1) is 9.65. The molecule has 1 aromatic heterocycles. The van der Waals surface area contributed by atoms with Gasteiger partial charge < -0.3 is 10.6 Å². The van der Waals surface area contributed by atoms with Crippen LogP contribution in [0.3, 0.4) is 0 Å². The Labute approximate surface area is 118 Å². The average Bonchev–Trinajstić information content (AvgIpc) is 2.77. The quantitative estimate of drug-likeness (QED) is 0.907. The number of anilines is 2. The minimum Gasteiger partial charge on any atom is -0.397 e. The van der Waals surface area contributed by atoms with Crippen LogP contribution in [0.4, 0.5) is 11.4 Å². The zero-order valence-electron chi connectivity index (χ0n) is 11.4. The van der Waals surface area contributed by atoms with Crippen LogP contribution >= 0.6 is 0 Å². The molecule has 20 heavy (non-hydrogen) atoms. The van der Waals surface area contributed by atoms with Crippen molar-refractivity contribution in [1.29, 1.82) is 0 Å². The monoisotopic (exact) mass is 267 g/mol. The molecule has 0 fully saturated rings. The highest BCUT2D eigenvalue weighted by Crippen LogP contribution is 2.32. The van der Waals surface area contributed by atoms with Gasteiger partial charge in [-0.25, -0.2) is 0 Å². The third-order valence-corrected chi connectivity index (χ3v) is 3.66. The lowest BCUT2D eigenvalue weighted by molar-refractivity contribution is -0.118. The van der Waals surface area contributed by atoms with E-state index >= 15 is 0 Å². The first-order valence-electron chi connectivity index (χ1n) is 6.75. The van der Waals surface area contributed by atoms with Gasteiger partial charge in [0.05, 0.1) is 18.3 Å². The molecular weight excluding hydrogens is 250 g/mol. The van der Waals surface area contributed by atoms with Gasteiger partial charge in [-0.15, -0.1) is 0 Å². The molecule has 1 unspecified atom stereocenters. The molecule has 1 aliphatic rings. The number of aromatic nitrogens is 1. The highest BCUT2D eigenvalue weighted by Gasteiger charge is 2.30. The molecule has 0 radical (unpaired) electrons. The van der Waals surface area contributed by atoms with Crippen LogP contribution in [0.25, 0.3) is 0 Å². The Kier molecular flexibility index (Phi) is 3.14. The van der Waals surface area contributed by atoms with Gasteiger partial charge in [-0.05, 0) is 37.1 Å². The summed E-state index contributed by atoms with van der Waals surface area (Å²) in [5, 5.41) is 0. The molecule has 4 nitrogen and oxygen atoms in total. The fraction of sp³-hybridized carbons (Fsp3) is 0.250. The van der Waals surface area contributed by atoms with Crippen LogP contribution in [-0.2, 0) is 17.6 Å². The van der Waals surface area contributed by atoms with Crippen LogP contribution in [-0.4, -0.2) is 16.9 Å². The second-order valence-electron chi connectivity index (χ2n) is 5.21. The average molecular weight is 267 g/mol. The number of hydrogen-bond donors (Lipinski definition) is 1.